The standard InChI is InChI=1S/C17H19FN2O/c1-12(13-7-9-14(19)10-8-13)11-17(21)20(2)16-6-4-3-5-15(16)18/h3-10,12H,11,19H2,1-2H3. The number of halogens is 1. The molecule has 0 aliphatic heterocycles. The zero-order valence-corrected chi connectivity index (χ0v) is 12.2. The largest absolute Gasteiger partial charge is 0.399 e. The van der Waals surface area contributed by atoms with E-state index in [1.165, 1.54) is 11.0 Å². The highest BCUT2D eigenvalue weighted by molar-refractivity contribution is 5.93. The molecule has 0 aliphatic carbocycles. The molecule has 1 amide bonds. The van der Waals surface area contributed by atoms with E-state index in [-0.39, 0.29) is 11.8 Å². The number of nitrogens with two attached hydrogens (primary N) is 1. The predicted molar refractivity (Wildman–Crippen MR) is 83.7 cm³/mol. The zero-order chi connectivity index (χ0) is 15.4. The van der Waals surface area contributed by atoms with E-state index in [0.717, 1.165) is 5.56 Å². The van der Waals surface area contributed by atoms with Gasteiger partial charge >= 0.3 is 0 Å². The number of para-hydroxylation sites is 1. The van der Waals surface area contributed by atoms with Crippen molar-refractivity contribution in [2.24, 2.45) is 0 Å². The fourth-order valence-electron chi connectivity index (χ4n) is 2.20. The van der Waals surface area contributed by atoms with Gasteiger partial charge in [0.2, 0.25) is 5.91 Å². The first kappa shape index (κ1) is 15.0. The first-order valence-electron chi connectivity index (χ1n) is 6.85. The molecule has 2 N–H and O–H groups in total. The molecule has 0 bridgehead atoms. The van der Waals surface area contributed by atoms with Crippen molar-refractivity contribution < 1.29 is 9.18 Å². The Balaban J connectivity index is 2.07. The van der Waals surface area contributed by atoms with Crippen molar-refractivity contribution in [3.05, 3.63) is 59.9 Å². The Morgan fingerprint density at radius 2 is 1.81 bits per heavy atom. The molecule has 0 radical (unpaired) electrons. The van der Waals surface area contributed by atoms with Gasteiger partial charge in [0, 0.05) is 19.2 Å². The van der Waals surface area contributed by atoms with Crippen LogP contribution in [0.1, 0.15) is 24.8 Å². The van der Waals surface area contributed by atoms with Gasteiger partial charge in [0.25, 0.3) is 0 Å². The van der Waals surface area contributed by atoms with Gasteiger partial charge in [0.05, 0.1) is 5.69 Å². The summed E-state index contributed by atoms with van der Waals surface area (Å²) in [4.78, 5) is 13.6. The molecule has 4 heteroatoms. The van der Waals surface area contributed by atoms with Crippen molar-refractivity contribution in [1.82, 2.24) is 0 Å². The average Bonchev–Trinajstić information content (AvgIpc) is 2.47. The van der Waals surface area contributed by atoms with E-state index >= 15 is 0 Å². The maximum atomic E-state index is 13.7. The molecular formula is C17H19FN2O. The molecule has 110 valence electrons. The molecule has 2 aromatic carbocycles. The monoisotopic (exact) mass is 286 g/mol. The number of nitrogens with zero attached hydrogens (tertiary/aromatic N) is 1. The molecule has 0 saturated carbocycles. The van der Waals surface area contributed by atoms with Crippen LogP contribution in [-0.2, 0) is 4.79 Å². The van der Waals surface area contributed by atoms with Crippen LogP contribution in [0.2, 0.25) is 0 Å². The predicted octanol–water partition coefficient (Wildman–Crippen LogP) is 3.56. The van der Waals surface area contributed by atoms with Crippen molar-refractivity contribution in [3.63, 3.8) is 0 Å². The van der Waals surface area contributed by atoms with Crippen LogP contribution in [0.4, 0.5) is 15.8 Å². The van der Waals surface area contributed by atoms with Crippen molar-refractivity contribution in [1.29, 1.82) is 0 Å². The summed E-state index contributed by atoms with van der Waals surface area (Å²) >= 11 is 0. The second-order valence-electron chi connectivity index (χ2n) is 5.18. The fourth-order valence-corrected chi connectivity index (χ4v) is 2.20. The van der Waals surface area contributed by atoms with Gasteiger partial charge < -0.3 is 10.6 Å². The SMILES string of the molecule is CC(CC(=O)N(C)c1ccccc1F)c1ccc(N)cc1. The van der Waals surface area contributed by atoms with Gasteiger partial charge in [-0.25, -0.2) is 4.39 Å². The van der Waals surface area contributed by atoms with Crippen LogP contribution in [0, 0.1) is 5.82 Å². The smallest absolute Gasteiger partial charge is 0.227 e. The van der Waals surface area contributed by atoms with Crippen LogP contribution in [0.25, 0.3) is 0 Å². The minimum atomic E-state index is -0.395. The number of hydrogen-bond acceptors (Lipinski definition) is 2. The maximum absolute atomic E-state index is 13.7. The van der Waals surface area contributed by atoms with E-state index < -0.39 is 5.82 Å². The summed E-state index contributed by atoms with van der Waals surface area (Å²) in [5.41, 5.74) is 7.69. The third-order valence-corrected chi connectivity index (χ3v) is 3.57. The Labute approximate surface area is 124 Å². The fraction of sp³-hybridized carbons (Fsp3) is 0.235. The van der Waals surface area contributed by atoms with Gasteiger partial charge in [-0.2, -0.15) is 0 Å². The summed E-state index contributed by atoms with van der Waals surface area (Å²) in [5, 5.41) is 0. The number of carbonyl (C=O) groups is 1. The molecule has 21 heavy (non-hydrogen) atoms. The number of anilines is 2. The minimum absolute atomic E-state index is 0.0484. The molecule has 0 heterocycles. The quantitative estimate of drug-likeness (QED) is 0.873. The van der Waals surface area contributed by atoms with Crippen LogP contribution in [-0.4, -0.2) is 13.0 Å². The van der Waals surface area contributed by atoms with E-state index in [0.29, 0.717) is 17.8 Å². The molecule has 3 nitrogen and oxygen atoms in total. The first-order chi connectivity index (χ1) is 9.99. The Bertz CT molecular complexity index is 625. The van der Waals surface area contributed by atoms with Crippen LogP contribution >= 0.6 is 0 Å². The summed E-state index contributed by atoms with van der Waals surface area (Å²) in [6.45, 7) is 1.97. The lowest BCUT2D eigenvalue weighted by atomic mass is 9.97. The highest BCUT2D eigenvalue weighted by Crippen LogP contribution is 2.23. The molecule has 0 aliphatic rings. The lowest BCUT2D eigenvalue weighted by Gasteiger charge is -2.20. The van der Waals surface area contributed by atoms with Crippen LogP contribution < -0.4 is 10.6 Å². The van der Waals surface area contributed by atoms with Crippen molar-refractivity contribution in [3.8, 4) is 0 Å². The Morgan fingerprint density at radius 3 is 2.43 bits per heavy atom. The zero-order valence-electron chi connectivity index (χ0n) is 12.2. The van der Waals surface area contributed by atoms with Crippen LogP contribution in [0.5, 0.6) is 0 Å². The number of benzene rings is 2. The van der Waals surface area contributed by atoms with Gasteiger partial charge in [0.1, 0.15) is 5.82 Å². The van der Waals surface area contributed by atoms with Gasteiger partial charge in [-0.05, 0) is 35.7 Å². The molecule has 1 unspecified atom stereocenters. The minimum Gasteiger partial charge on any atom is -0.399 e. The van der Waals surface area contributed by atoms with Gasteiger partial charge in [-0.15, -0.1) is 0 Å². The van der Waals surface area contributed by atoms with E-state index in [1.54, 1.807) is 25.2 Å². The summed E-state index contributed by atoms with van der Waals surface area (Å²) in [5.74, 6) is -0.467. The topological polar surface area (TPSA) is 46.3 Å². The highest BCUT2D eigenvalue weighted by atomic mass is 19.1. The normalized spacial score (nSPS) is 12.0. The molecule has 0 spiro atoms. The molecule has 2 rings (SSSR count). The van der Waals surface area contributed by atoms with Crippen molar-refractivity contribution in [2.45, 2.75) is 19.3 Å². The molecule has 0 saturated heterocycles. The Morgan fingerprint density at radius 1 is 1.19 bits per heavy atom. The lowest BCUT2D eigenvalue weighted by Crippen LogP contribution is -2.28. The number of nitrogen functional groups attached to an aromatic ring is 1. The first-order valence-corrected chi connectivity index (χ1v) is 6.85. The van der Waals surface area contributed by atoms with Gasteiger partial charge in [-0.3, -0.25) is 4.79 Å². The van der Waals surface area contributed by atoms with E-state index in [9.17, 15) is 9.18 Å². The Kier molecular flexibility index (Phi) is 4.58. The number of rotatable bonds is 4. The molecule has 1 atom stereocenters. The third kappa shape index (κ3) is 3.60. The second-order valence-corrected chi connectivity index (χ2v) is 5.18. The second kappa shape index (κ2) is 6.39. The summed E-state index contributed by atoms with van der Waals surface area (Å²) < 4.78 is 13.7. The van der Waals surface area contributed by atoms with Gasteiger partial charge in [0.15, 0.2) is 0 Å². The van der Waals surface area contributed by atoms with Gasteiger partial charge in [-0.1, -0.05) is 31.2 Å². The Hall–Kier alpha value is -2.36. The summed E-state index contributed by atoms with van der Waals surface area (Å²) in [6.07, 6.45) is 0.314. The van der Waals surface area contributed by atoms with Crippen LogP contribution in [0.3, 0.4) is 0 Å². The number of amides is 1. The molecular weight excluding hydrogens is 267 g/mol. The van der Waals surface area contributed by atoms with Crippen LogP contribution in [0.15, 0.2) is 48.5 Å². The molecule has 0 fully saturated rings. The van der Waals surface area contributed by atoms with E-state index in [2.05, 4.69) is 0 Å². The highest BCUT2D eigenvalue weighted by Gasteiger charge is 2.18. The maximum Gasteiger partial charge on any atom is 0.227 e. The van der Waals surface area contributed by atoms with E-state index in [4.69, 9.17) is 5.73 Å². The average molecular weight is 286 g/mol. The number of hydrogen-bond donors (Lipinski definition) is 1. The third-order valence-electron chi connectivity index (χ3n) is 3.57. The lowest BCUT2D eigenvalue weighted by molar-refractivity contribution is -0.118. The van der Waals surface area contributed by atoms with Crippen molar-refractivity contribution >= 4 is 17.3 Å². The van der Waals surface area contributed by atoms with Crippen molar-refractivity contribution in [2.75, 3.05) is 17.7 Å². The summed E-state index contributed by atoms with van der Waals surface area (Å²) in [7, 11) is 1.59. The molecule has 2 aromatic rings. The summed E-state index contributed by atoms with van der Waals surface area (Å²) in [6, 6.07) is 13.7. The number of carbonyl (C=O) groups excluding carboxylic acids is 1. The van der Waals surface area contributed by atoms with E-state index in [1.807, 2.05) is 31.2 Å². The molecule has 0 aromatic heterocycles.